The fraction of sp³-hybridized carbons (Fsp3) is 0.625. The van der Waals surface area contributed by atoms with Crippen molar-refractivity contribution in [2.24, 2.45) is 50.5 Å². The van der Waals surface area contributed by atoms with Crippen molar-refractivity contribution in [1.29, 1.82) is 0 Å². The molecule has 11 amide bonds. The molecule has 514 valence electrons. The van der Waals surface area contributed by atoms with Crippen molar-refractivity contribution in [3.63, 3.8) is 0 Å². The van der Waals surface area contributed by atoms with Crippen LogP contribution in [0.2, 0.25) is 0 Å². The molecule has 0 bridgehead atoms. The van der Waals surface area contributed by atoms with Crippen LogP contribution in [0.25, 0.3) is 0 Å². The molecule has 1 heterocycles. The molecule has 2 rings (SSSR count). The number of aliphatic carboxylic acids is 1. The minimum absolute atomic E-state index is 0.0178. The van der Waals surface area contributed by atoms with Crippen molar-refractivity contribution in [1.82, 2.24) is 58.1 Å². The Morgan fingerprint density at radius 2 is 1.09 bits per heavy atom. The maximum Gasteiger partial charge on any atom is 0.305 e. The lowest BCUT2D eigenvalue weighted by Crippen LogP contribution is -2.61. The highest BCUT2D eigenvalue weighted by Gasteiger charge is 2.40. The Balaban J connectivity index is 2.41. The molecule has 34 nitrogen and oxygen atoms in total. The van der Waals surface area contributed by atoms with E-state index in [1.54, 1.807) is 58.0 Å². The van der Waals surface area contributed by atoms with E-state index in [0.717, 1.165) is 0 Å². The molecule has 0 unspecified atom stereocenters. The van der Waals surface area contributed by atoms with Crippen LogP contribution in [-0.2, 0) is 68.7 Å². The lowest BCUT2D eigenvalue weighted by atomic mass is 9.96. The highest BCUT2D eigenvalue weighted by Crippen LogP contribution is 2.19. The van der Waals surface area contributed by atoms with Gasteiger partial charge in [-0.05, 0) is 55.9 Å². The lowest BCUT2D eigenvalue weighted by Gasteiger charge is -2.30. The predicted octanol–water partition coefficient (Wildman–Crippen LogP) is -7.26. The molecule has 0 saturated carbocycles. The SMILES string of the molecule is CC[C@H](C)[C@H](NC(=O)[C@H](CCCN=C(N)N)NC(=O)[C@H](CC(=O)O)NC(=O)[C@@H](NC(=O)[C@H](CCCN=C(N)N)NC(=O)[C@@H]1CCCN1C(=O)CNC(=O)[C@H](Cc1ccccc1)NC(=O)[C@H](CS)NC(=O)[C@H](CO)NC(=O)[C@@H](N)CO)[C@@H](C)CC)C(=O)N[C@H](C=O)CS. The van der Waals surface area contributed by atoms with Crippen LogP contribution in [0.4, 0.5) is 0 Å². The molecule has 1 aliphatic rings. The number of aliphatic hydroxyl groups is 2. The molecule has 13 atom stereocenters. The summed E-state index contributed by atoms with van der Waals surface area (Å²) in [6, 6.07) is -7.15. The number of rotatable bonds is 42. The molecule has 36 heteroatoms. The second kappa shape index (κ2) is 41.9. The van der Waals surface area contributed by atoms with Gasteiger partial charge in [-0.15, -0.1) is 0 Å². The first-order valence-corrected chi connectivity index (χ1v) is 31.2. The summed E-state index contributed by atoms with van der Waals surface area (Å²) in [4.78, 5) is 184. The summed E-state index contributed by atoms with van der Waals surface area (Å²) in [5, 5.41) is 53.8. The van der Waals surface area contributed by atoms with Crippen LogP contribution in [0.15, 0.2) is 40.3 Å². The molecule has 1 fully saturated rings. The summed E-state index contributed by atoms with van der Waals surface area (Å²) < 4.78 is 0. The van der Waals surface area contributed by atoms with Gasteiger partial charge in [0, 0.05) is 37.6 Å². The van der Waals surface area contributed by atoms with Gasteiger partial charge in [0.15, 0.2) is 11.9 Å². The zero-order valence-corrected chi connectivity index (χ0v) is 53.8. The first-order valence-electron chi connectivity index (χ1n) is 29.9. The number of nitrogens with zero attached hydrogens (tertiary/aromatic N) is 3. The molecule has 1 aromatic carbocycles. The number of carbonyl (C=O) groups excluding carboxylic acids is 12. The number of benzene rings is 1. The molecular weight excluding hydrogens is 1240 g/mol. The molecule has 0 aliphatic carbocycles. The number of aldehydes is 1. The van der Waals surface area contributed by atoms with Gasteiger partial charge in [0.1, 0.15) is 66.7 Å². The first-order chi connectivity index (χ1) is 43.6. The van der Waals surface area contributed by atoms with Gasteiger partial charge >= 0.3 is 5.97 Å². The molecule has 1 aromatic rings. The number of nitrogens with one attached hydrogen (secondary N) is 10. The van der Waals surface area contributed by atoms with E-state index < -0.39 is 175 Å². The van der Waals surface area contributed by atoms with Crippen LogP contribution in [0.5, 0.6) is 0 Å². The van der Waals surface area contributed by atoms with Gasteiger partial charge < -0.3 is 107 Å². The number of carboxylic acids is 1. The third-order valence-electron chi connectivity index (χ3n) is 14.8. The zero-order chi connectivity index (χ0) is 69.2. The zero-order valence-electron chi connectivity index (χ0n) is 52.0. The number of amides is 11. The van der Waals surface area contributed by atoms with Gasteiger partial charge in [-0.3, -0.25) is 67.5 Å². The summed E-state index contributed by atoms with van der Waals surface area (Å²) in [6.45, 7) is 4.29. The van der Waals surface area contributed by atoms with E-state index in [0.29, 0.717) is 24.7 Å². The van der Waals surface area contributed by atoms with E-state index in [2.05, 4.69) is 88.4 Å². The van der Waals surface area contributed by atoms with Crippen LogP contribution in [0.3, 0.4) is 0 Å². The third kappa shape index (κ3) is 27.6. The van der Waals surface area contributed by atoms with Crippen molar-refractivity contribution in [2.75, 3.05) is 50.9 Å². The second-order valence-corrected chi connectivity index (χ2v) is 22.6. The smallest absolute Gasteiger partial charge is 0.305 e. The van der Waals surface area contributed by atoms with Crippen molar-refractivity contribution >= 4 is 114 Å². The number of hydrogen-bond acceptors (Lipinski definition) is 20. The topological polar surface area (TPSA) is 561 Å². The van der Waals surface area contributed by atoms with E-state index in [-0.39, 0.29) is 88.0 Å². The number of guanidine groups is 2. The number of nitrogens with two attached hydrogens (primary N) is 5. The highest BCUT2D eigenvalue weighted by molar-refractivity contribution is 7.80. The number of carboxylic acid groups (broad SMARTS) is 1. The van der Waals surface area contributed by atoms with Crippen LogP contribution in [0.1, 0.15) is 91.0 Å². The second-order valence-electron chi connectivity index (χ2n) is 21.8. The maximum absolute atomic E-state index is 14.4. The average molecular weight is 1340 g/mol. The minimum Gasteiger partial charge on any atom is -0.481 e. The lowest BCUT2D eigenvalue weighted by molar-refractivity contribution is -0.142. The Bertz CT molecular complexity index is 2730. The minimum atomic E-state index is -1.88. The number of carbonyl (C=O) groups is 13. The summed E-state index contributed by atoms with van der Waals surface area (Å²) in [5.41, 5.74) is 28.1. The van der Waals surface area contributed by atoms with Crippen LogP contribution in [-0.4, -0.2) is 227 Å². The standard InChI is InChI=1S/C56H92N18O16S2/c1-5-29(3)43(53(89)65-32(24-75)27-91)72-47(83)34(15-10-18-62-55(58)59)66-49(85)37(22-42(79)80)69-54(90)44(30(4)6-2)73-48(84)35(16-11-19-63-56(60)61)67-52(88)40-17-12-20-74(40)41(78)23-64-46(82)36(21-31-13-8-7-9-14-31)68-51(87)39(28-92)71-50(86)38(26-77)70-45(81)33(57)25-76/h7-9,13-14,24,29-30,32-40,43-44,76-77,91-92H,5-6,10-12,15-23,25-28,57H2,1-4H3,(H,64,82)(H,65,89)(H,66,85)(H,67,88)(H,68,87)(H,69,90)(H,70,81)(H,71,86)(H,72,83)(H,73,84)(H,79,80)(H4,58,59,62)(H4,60,61,63)/t29-,30-,32+,33-,34-,35-,36-,37-,38-,39-,40-,43-,44-/m0/s1. The van der Waals surface area contributed by atoms with Crippen molar-refractivity contribution in [3.8, 4) is 0 Å². The molecule has 1 saturated heterocycles. The largest absolute Gasteiger partial charge is 0.481 e. The summed E-state index contributed by atoms with van der Waals surface area (Å²) in [6.07, 6.45) is 0.177. The number of aliphatic hydroxyl groups excluding tert-OH is 2. The fourth-order valence-electron chi connectivity index (χ4n) is 9.12. The van der Waals surface area contributed by atoms with Gasteiger partial charge in [0.05, 0.1) is 32.2 Å². The number of thiol groups is 2. The molecule has 23 N–H and O–H groups in total. The van der Waals surface area contributed by atoms with Gasteiger partial charge in [-0.25, -0.2) is 0 Å². The molecular formula is C56H92N18O16S2. The van der Waals surface area contributed by atoms with Crippen LogP contribution >= 0.6 is 25.3 Å². The van der Waals surface area contributed by atoms with E-state index in [4.69, 9.17) is 28.7 Å². The maximum atomic E-state index is 14.4. The summed E-state index contributed by atoms with van der Waals surface area (Å²) in [5.74, 6) is -13.7. The quantitative estimate of drug-likeness (QED) is 0.00951. The monoisotopic (exact) mass is 1340 g/mol. The van der Waals surface area contributed by atoms with E-state index in [1.165, 1.54) is 4.90 Å². The predicted molar refractivity (Wildman–Crippen MR) is 342 cm³/mol. The highest BCUT2D eigenvalue weighted by atomic mass is 32.1. The van der Waals surface area contributed by atoms with E-state index in [9.17, 15) is 77.6 Å². The Hall–Kier alpha value is -8.35. The molecule has 0 radical (unpaired) electrons. The Kier molecular flexibility index (Phi) is 36.3. The van der Waals surface area contributed by atoms with Crippen molar-refractivity contribution in [2.45, 2.75) is 158 Å². The number of likely N-dealkylation sites (tertiary alicyclic amines) is 1. The van der Waals surface area contributed by atoms with Gasteiger partial charge in [-0.2, -0.15) is 25.3 Å². The number of aliphatic imine (C=N–C) groups is 2. The Morgan fingerprint density at radius 3 is 1.58 bits per heavy atom. The Morgan fingerprint density at radius 1 is 0.609 bits per heavy atom. The Labute approximate surface area is 543 Å². The summed E-state index contributed by atoms with van der Waals surface area (Å²) >= 11 is 8.23. The first kappa shape index (κ1) is 79.7. The van der Waals surface area contributed by atoms with Crippen LogP contribution < -0.4 is 81.8 Å². The molecule has 0 spiro atoms. The average Bonchev–Trinajstić information content (AvgIpc) is 1.91. The molecule has 92 heavy (non-hydrogen) atoms. The van der Waals surface area contributed by atoms with Gasteiger partial charge in [-0.1, -0.05) is 70.9 Å². The third-order valence-corrected chi connectivity index (χ3v) is 15.6. The van der Waals surface area contributed by atoms with Crippen molar-refractivity contribution in [3.05, 3.63) is 35.9 Å². The van der Waals surface area contributed by atoms with Crippen LogP contribution in [0, 0.1) is 11.8 Å². The fourth-order valence-corrected chi connectivity index (χ4v) is 9.55. The normalized spacial score (nSPS) is 16.5. The molecule has 0 aromatic heterocycles. The van der Waals surface area contributed by atoms with Gasteiger partial charge in [0.25, 0.3) is 0 Å². The van der Waals surface area contributed by atoms with Crippen molar-refractivity contribution < 1.29 is 77.6 Å². The summed E-state index contributed by atoms with van der Waals surface area (Å²) in [7, 11) is 0. The van der Waals surface area contributed by atoms with E-state index in [1.807, 2.05) is 0 Å². The molecule has 1 aliphatic heterocycles. The van der Waals surface area contributed by atoms with E-state index >= 15 is 0 Å². The number of hydrogen-bond donors (Lipinski definition) is 20. The van der Waals surface area contributed by atoms with Gasteiger partial charge in [0.2, 0.25) is 65.0 Å².